The fraction of sp³-hybridized carbons (Fsp3) is 0.304. The molecule has 0 spiro atoms. The minimum absolute atomic E-state index is 0.527. The number of hydrogen-bond donors (Lipinski definition) is 2. The number of likely N-dealkylation sites (tertiary alicyclic amines) is 1. The Bertz CT molecular complexity index is 1270. The predicted molar refractivity (Wildman–Crippen MR) is 125 cm³/mol. The summed E-state index contributed by atoms with van der Waals surface area (Å²) in [6, 6.07) is 13.5. The summed E-state index contributed by atoms with van der Waals surface area (Å²) in [5.74, 6) is 1.07. The van der Waals surface area contributed by atoms with Gasteiger partial charge < -0.3 is 10.2 Å². The van der Waals surface area contributed by atoms with Gasteiger partial charge in [-0.3, -0.25) is 9.88 Å². The van der Waals surface area contributed by atoms with Crippen molar-refractivity contribution in [2.75, 3.05) is 30.4 Å². The van der Waals surface area contributed by atoms with Crippen molar-refractivity contribution in [3.8, 4) is 22.8 Å². The molecule has 10 nitrogen and oxygen atoms in total. The molecule has 2 saturated heterocycles. The Kier molecular flexibility index (Phi) is 4.72. The highest BCUT2D eigenvalue weighted by Gasteiger charge is 2.41. The number of aromatic amines is 1. The molecule has 0 amide bonds. The molecule has 0 radical (unpaired) electrons. The molecule has 2 fully saturated rings. The molecular formula is C23H24N10. The Morgan fingerprint density at radius 2 is 1.97 bits per heavy atom. The summed E-state index contributed by atoms with van der Waals surface area (Å²) in [5.41, 5.74) is 5.90. The van der Waals surface area contributed by atoms with E-state index in [-0.39, 0.29) is 0 Å². The number of piperazine rings is 1. The van der Waals surface area contributed by atoms with Gasteiger partial charge in [0, 0.05) is 54.5 Å². The molecular weight excluding hydrogens is 416 g/mol. The molecule has 33 heavy (non-hydrogen) atoms. The quantitative estimate of drug-likeness (QED) is 0.484. The molecule has 2 atom stereocenters. The highest BCUT2D eigenvalue weighted by Crippen LogP contribution is 2.36. The number of H-pyrrole nitrogens is 1. The summed E-state index contributed by atoms with van der Waals surface area (Å²) in [4.78, 5) is 18.5. The largest absolute Gasteiger partial charge is 0.365 e. The van der Waals surface area contributed by atoms with Crippen molar-refractivity contribution in [3.63, 3.8) is 0 Å². The maximum Gasteiger partial charge on any atom is 0.227 e. The number of rotatable bonds is 5. The van der Waals surface area contributed by atoms with Gasteiger partial charge in [0.05, 0.1) is 5.69 Å². The maximum absolute atomic E-state index is 4.67. The number of aromatic nitrogens is 7. The molecule has 3 aromatic heterocycles. The molecule has 1 aromatic carbocycles. The molecule has 2 N–H and O–H groups in total. The Morgan fingerprint density at radius 3 is 2.67 bits per heavy atom. The van der Waals surface area contributed by atoms with Crippen LogP contribution in [-0.2, 0) is 0 Å². The second-order valence-electron chi connectivity index (χ2n) is 8.71. The first-order valence-electron chi connectivity index (χ1n) is 11.0. The lowest BCUT2D eigenvalue weighted by molar-refractivity contribution is 0.292. The van der Waals surface area contributed by atoms with Crippen molar-refractivity contribution < 1.29 is 0 Å². The summed E-state index contributed by atoms with van der Waals surface area (Å²) in [6.45, 7) is 4.43. The summed E-state index contributed by atoms with van der Waals surface area (Å²) >= 11 is 0. The summed E-state index contributed by atoms with van der Waals surface area (Å²) in [5, 5.41) is 17.1. The van der Waals surface area contributed by atoms with Gasteiger partial charge >= 0.3 is 0 Å². The SMILES string of the molecule is Cc1cc(Nc2nccc(-c3ccc(-c4nnn[nH]4)nc3)n2)ccc1N1C[C@@H]2C[C@H]1CN2C. The number of aryl methyl sites for hydroxylation is 1. The number of nitrogens with zero attached hydrogens (tertiary/aromatic N) is 8. The van der Waals surface area contributed by atoms with E-state index in [0.29, 0.717) is 29.6 Å². The second-order valence-corrected chi connectivity index (χ2v) is 8.71. The van der Waals surface area contributed by atoms with Crippen LogP contribution in [0.3, 0.4) is 0 Å². The zero-order valence-corrected chi connectivity index (χ0v) is 18.5. The number of anilines is 3. The van der Waals surface area contributed by atoms with E-state index in [4.69, 9.17) is 0 Å². The van der Waals surface area contributed by atoms with Crippen LogP contribution in [0.2, 0.25) is 0 Å². The number of nitrogens with one attached hydrogen (secondary N) is 2. The average Bonchev–Trinajstić information content (AvgIpc) is 3.57. The van der Waals surface area contributed by atoms with Crippen molar-refractivity contribution in [3.05, 3.63) is 54.4 Å². The lowest BCUT2D eigenvalue weighted by Crippen LogP contribution is -2.44. The first-order chi connectivity index (χ1) is 16.1. The van der Waals surface area contributed by atoms with E-state index in [1.807, 2.05) is 18.2 Å². The van der Waals surface area contributed by atoms with Crippen molar-refractivity contribution in [2.45, 2.75) is 25.4 Å². The van der Waals surface area contributed by atoms with E-state index >= 15 is 0 Å². The first-order valence-corrected chi connectivity index (χ1v) is 11.0. The van der Waals surface area contributed by atoms with E-state index in [1.165, 1.54) is 17.7 Å². The highest BCUT2D eigenvalue weighted by atomic mass is 15.5. The first kappa shape index (κ1) is 19.7. The zero-order chi connectivity index (χ0) is 22.4. The van der Waals surface area contributed by atoms with Crippen LogP contribution in [0, 0.1) is 6.92 Å². The Hall–Kier alpha value is -3.92. The molecule has 2 aliphatic heterocycles. The Labute approximate surface area is 191 Å². The van der Waals surface area contributed by atoms with Gasteiger partial charge in [-0.15, -0.1) is 5.10 Å². The average molecular weight is 441 g/mol. The van der Waals surface area contributed by atoms with E-state index in [9.17, 15) is 0 Å². The number of benzene rings is 1. The molecule has 0 aliphatic carbocycles. The summed E-state index contributed by atoms with van der Waals surface area (Å²) in [7, 11) is 2.23. The van der Waals surface area contributed by atoms with Gasteiger partial charge in [0.25, 0.3) is 0 Å². The monoisotopic (exact) mass is 440 g/mol. The van der Waals surface area contributed by atoms with Crippen LogP contribution in [0.25, 0.3) is 22.8 Å². The summed E-state index contributed by atoms with van der Waals surface area (Å²) < 4.78 is 0. The van der Waals surface area contributed by atoms with Crippen LogP contribution in [0.15, 0.2) is 48.8 Å². The number of pyridine rings is 1. The molecule has 6 rings (SSSR count). The van der Waals surface area contributed by atoms with Gasteiger partial charge in [0.15, 0.2) is 5.82 Å². The number of fused-ring (bicyclic) bond motifs is 2. The van der Waals surface area contributed by atoms with Crippen molar-refractivity contribution in [2.24, 2.45) is 0 Å². The topological polar surface area (TPSA) is 112 Å². The summed E-state index contributed by atoms with van der Waals surface area (Å²) in [6.07, 6.45) is 4.77. The minimum atomic E-state index is 0.527. The molecule has 5 heterocycles. The van der Waals surface area contributed by atoms with Crippen molar-refractivity contribution in [1.82, 2.24) is 40.5 Å². The molecule has 2 aliphatic rings. The molecule has 2 bridgehead atoms. The molecule has 10 heteroatoms. The van der Waals surface area contributed by atoms with Crippen LogP contribution in [0.5, 0.6) is 0 Å². The Morgan fingerprint density at radius 1 is 1.03 bits per heavy atom. The fourth-order valence-electron chi connectivity index (χ4n) is 4.88. The smallest absolute Gasteiger partial charge is 0.227 e. The second kappa shape index (κ2) is 7.89. The fourth-order valence-corrected chi connectivity index (χ4v) is 4.88. The zero-order valence-electron chi connectivity index (χ0n) is 18.5. The maximum atomic E-state index is 4.67. The van der Waals surface area contributed by atoms with Crippen molar-refractivity contribution >= 4 is 17.3 Å². The highest BCUT2D eigenvalue weighted by molar-refractivity contribution is 5.66. The normalized spacial score (nSPS) is 19.9. The molecule has 0 unspecified atom stereocenters. The van der Waals surface area contributed by atoms with Crippen LogP contribution in [0.4, 0.5) is 17.3 Å². The molecule has 4 aromatic rings. The minimum Gasteiger partial charge on any atom is -0.365 e. The van der Waals surface area contributed by atoms with Crippen molar-refractivity contribution in [1.29, 1.82) is 0 Å². The van der Waals surface area contributed by atoms with E-state index in [2.05, 4.69) is 82.9 Å². The van der Waals surface area contributed by atoms with E-state index in [1.54, 1.807) is 12.4 Å². The number of tetrazole rings is 1. The Balaban J connectivity index is 1.19. The number of likely N-dealkylation sites (N-methyl/N-ethyl adjacent to an activating group) is 1. The van der Waals surface area contributed by atoms with Gasteiger partial charge in [0.1, 0.15) is 5.69 Å². The third kappa shape index (κ3) is 3.68. The van der Waals surface area contributed by atoms with Gasteiger partial charge in [-0.2, -0.15) is 0 Å². The molecule has 166 valence electrons. The van der Waals surface area contributed by atoms with Crippen LogP contribution >= 0.6 is 0 Å². The van der Waals surface area contributed by atoms with E-state index in [0.717, 1.165) is 30.0 Å². The van der Waals surface area contributed by atoms with E-state index < -0.39 is 0 Å². The van der Waals surface area contributed by atoms with Gasteiger partial charge in [-0.25, -0.2) is 15.1 Å². The van der Waals surface area contributed by atoms with Gasteiger partial charge in [0.2, 0.25) is 5.95 Å². The predicted octanol–water partition coefficient (Wildman–Crippen LogP) is 2.66. The lowest BCUT2D eigenvalue weighted by atomic mass is 10.1. The third-order valence-corrected chi connectivity index (χ3v) is 6.58. The van der Waals surface area contributed by atoms with Crippen LogP contribution < -0.4 is 10.2 Å². The molecule has 0 saturated carbocycles. The number of hydrogen-bond acceptors (Lipinski definition) is 9. The lowest BCUT2D eigenvalue weighted by Gasteiger charge is -2.34. The van der Waals surface area contributed by atoms with Crippen LogP contribution in [-0.4, -0.2) is 72.7 Å². The van der Waals surface area contributed by atoms with Gasteiger partial charge in [-0.1, -0.05) is 0 Å². The third-order valence-electron chi connectivity index (χ3n) is 6.58. The van der Waals surface area contributed by atoms with Crippen LogP contribution in [0.1, 0.15) is 12.0 Å². The van der Waals surface area contributed by atoms with Gasteiger partial charge in [-0.05, 0) is 72.8 Å². The standard InChI is InChI=1S/C23H24N10/c1-14-9-16(4-6-21(14)33-13-17-10-18(33)12-32(17)2)26-23-24-8-7-19(27-23)15-3-5-20(25-11-15)22-28-30-31-29-22/h3-9,11,17-18H,10,12-13H2,1-2H3,(H,24,26,27)(H,28,29,30,31)/t17-,18-/m0/s1.